The average Bonchev–Trinajstić information content (AvgIpc) is 3.60. The van der Waals surface area contributed by atoms with Crippen LogP contribution in [0.4, 0.5) is 16.2 Å². The van der Waals surface area contributed by atoms with E-state index in [1.54, 1.807) is 6.92 Å². The molecule has 0 aromatic heterocycles. The van der Waals surface area contributed by atoms with E-state index in [9.17, 15) is 14.4 Å². The number of benzene rings is 2. The molecule has 7 nitrogen and oxygen atoms in total. The van der Waals surface area contributed by atoms with E-state index in [0.29, 0.717) is 6.42 Å². The summed E-state index contributed by atoms with van der Waals surface area (Å²) in [6, 6.07) is 14.3. The fraction of sp³-hybridized carbons (Fsp3) is 0.375. The topological polar surface area (TPSA) is 99.3 Å². The van der Waals surface area contributed by atoms with Gasteiger partial charge in [-0.15, -0.1) is 0 Å². The predicted molar refractivity (Wildman–Crippen MR) is 122 cm³/mol. The maximum Gasteiger partial charge on any atom is 0.315 e. The van der Waals surface area contributed by atoms with Gasteiger partial charge in [-0.2, -0.15) is 0 Å². The molecule has 3 rings (SSSR count). The minimum absolute atomic E-state index is 0.0365. The summed E-state index contributed by atoms with van der Waals surface area (Å²) in [5, 5.41) is 11.6. The first-order chi connectivity index (χ1) is 14.9. The summed E-state index contributed by atoms with van der Waals surface area (Å²) in [5.74, 6) is 0.205. The van der Waals surface area contributed by atoms with Crippen molar-refractivity contribution in [2.75, 3.05) is 10.6 Å². The van der Waals surface area contributed by atoms with Gasteiger partial charge in [0, 0.05) is 23.7 Å². The molecule has 1 fully saturated rings. The summed E-state index contributed by atoms with van der Waals surface area (Å²) in [6.07, 6.45) is 2.37. The first kappa shape index (κ1) is 22.3. The molecule has 4 amide bonds. The summed E-state index contributed by atoms with van der Waals surface area (Å²) >= 11 is 0. The average molecular weight is 423 g/mol. The van der Waals surface area contributed by atoms with Gasteiger partial charge in [0.1, 0.15) is 0 Å². The van der Waals surface area contributed by atoms with E-state index >= 15 is 0 Å². The van der Waals surface area contributed by atoms with E-state index in [4.69, 9.17) is 0 Å². The van der Waals surface area contributed by atoms with Crippen LogP contribution in [0.3, 0.4) is 0 Å². The molecule has 164 valence electrons. The monoisotopic (exact) mass is 422 g/mol. The Bertz CT molecular complexity index is 921. The van der Waals surface area contributed by atoms with Crippen LogP contribution in [-0.2, 0) is 9.59 Å². The van der Waals surface area contributed by atoms with Crippen LogP contribution >= 0.6 is 0 Å². The molecule has 2 aromatic rings. The normalized spacial score (nSPS) is 14.8. The Morgan fingerprint density at radius 2 is 1.26 bits per heavy atom. The Kier molecular flexibility index (Phi) is 7.28. The molecule has 0 heterocycles. The van der Waals surface area contributed by atoms with Crippen LogP contribution < -0.4 is 21.3 Å². The highest BCUT2D eigenvalue weighted by Gasteiger charge is 2.29. The minimum Gasteiger partial charge on any atom is -0.332 e. The lowest BCUT2D eigenvalue weighted by Crippen LogP contribution is -2.38. The van der Waals surface area contributed by atoms with Crippen LogP contribution in [0.15, 0.2) is 48.5 Å². The zero-order valence-electron chi connectivity index (χ0n) is 18.2. The number of nitrogens with one attached hydrogen (secondary N) is 4. The van der Waals surface area contributed by atoms with E-state index in [-0.39, 0.29) is 35.8 Å². The molecule has 2 aromatic carbocycles. The van der Waals surface area contributed by atoms with Crippen LogP contribution in [0.1, 0.15) is 63.2 Å². The molecule has 2 atom stereocenters. The Balaban J connectivity index is 1.48. The van der Waals surface area contributed by atoms with Crippen molar-refractivity contribution in [2.24, 2.45) is 5.92 Å². The van der Waals surface area contributed by atoms with Gasteiger partial charge in [-0.3, -0.25) is 9.59 Å². The van der Waals surface area contributed by atoms with E-state index in [2.05, 4.69) is 21.3 Å². The zero-order valence-corrected chi connectivity index (χ0v) is 18.2. The molecule has 1 aliphatic rings. The van der Waals surface area contributed by atoms with Gasteiger partial charge in [0.15, 0.2) is 0 Å². The maximum absolute atomic E-state index is 12.4. The molecule has 0 aliphatic heterocycles. The second kappa shape index (κ2) is 10.1. The van der Waals surface area contributed by atoms with Crippen LogP contribution in [0, 0.1) is 5.92 Å². The van der Waals surface area contributed by atoms with E-state index in [1.807, 2.05) is 62.4 Å². The van der Waals surface area contributed by atoms with Gasteiger partial charge in [0.05, 0.1) is 12.1 Å². The van der Waals surface area contributed by atoms with Gasteiger partial charge in [-0.1, -0.05) is 31.2 Å². The Labute approximate surface area is 183 Å². The molecule has 1 aliphatic carbocycles. The molecule has 1 saturated carbocycles. The Hall–Kier alpha value is -3.35. The highest BCUT2D eigenvalue weighted by molar-refractivity contribution is 5.94. The van der Waals surface area contributed by atoms with Gasteiger partial charge in [0.25, 0.3) is 0 Å². The number of rotatable bonds is 8. The number of amides is 4. The lowest BCUT2D eigenvalue weighted by Gasteiger charge is -2.19. The second-order valence-electron chi connectivity index (χ2n) is 7.97. The highest BCUT2D eigenvalue weighted by atomic mass is 16.2. The smallest absolute Gasteiger partial charge is 0.315 e. The van der Waals surface area contributed by atoms with E-state index in [1.165, 1.54) is 0 Å². The molecule has 0 saturated heterocycles. The zero-order chi connectivity index (χ0) is 22.4. The molecule has 2 unspecified atom stereocenters. The van der Waals surface area contributed by atoms with Crippen molar-refractivity contribution >= 4 is 29.2 Å². The van der Waals surface area contributed by atoms with Gasteiger partial charge >= 0.3 is 6.03 Å². The summed E-state index contributed by atoms with van der Waals surface area (Å²) < 4.78 is 0. The van der Waals surface area contributed by atoms with Gasteiger partial charge in [0.2, 0.25) is 11.8 Å². The quantitative estimate of drug-likeness (QED) is 0.504. The fourth-order valence-corrected chi connectivity index (χ4v) is 3.15. The lowest BCUT2D eigenvalue weighted by molar-refractivity contribution is -0.117. The third-order valence-electron chi connectivity index (χ3n) is 5.34. The third kappa shape index (κ3) is 6.57. The van der Waals surface area contributed by atoms with Crippen molar-refractivity contribution in [3.05, 3.63) is 59.7 Å². The Morgan fingerprint density at radius 1 is 0.806 bits per heavy atom. The van der Waals surface area contributed by atoms with Crippen LogP contribution in [0.2, 0.25) is 0 Å². The van der Waals surface area contributed by atoms with Crippen LogP contribution in [0.25, 0.3) is 0 Å². The van der Waals surface area contributed by atoms with Crippen molar-refractivity contribution in [2.45, 2.75) is 52.1 Å². The van der Waals surface area contributed by atoms with Crippen molar-refractivity contribution in [1.29, 1.82) is 0 Å². The first-order valence-electron chi connectivity index (χ1n) is 10.7. The van der Waals surface area contributed by atoms with Gasteiger partial charge < -0.3 is 21.3 Å². The SMILES string of the molecule is CCC(=O)Nc1ccc(C(C)NC(=O)NC(C)c2ccc(NC(=O)C3CC3)cc2)cc1. The number of urea groups is 1. The number of anilines is 2. The first-order valence-corrected chi connectivity index (χ1v) is 10.7. The maximum atomic E-state index is 12.4. The summed E-state index contributed by atoms with van der Waals surface area (Å²) in [5.41, 5.74) is 3.39. The number of hydrogen-bond acceptors (Lipinski definition) is 3. The molecule has 4 N–H and O–H groups in total. The summed E-state index contributed by atoms with van der Waals surface area (Å²) in [7, 11) is 0. The largest absolute Gasteiger partial charge is 0.332 e. The number of carbonyl (C=O) groups is 3. The third-order valence-corrected chi connectivity index (χ3v) is 5.34. The number of hydrogen-bond donors (Lipinski definition) is 4. The summed E-state index contributed by atoms with van der Waals surface area (Å²) in [6.45, 7) is 5.62. The minimum atomic E-state index is -0.269. The molecule has 0 radical (unpaired) electrons. The second-order valence-corrected chi connectivity index (χ2v) is 7.97. The molecule has 0 spiro atoms. The van der Waals surface area contributed by atoms with Crippen molar-refractivity contribution < 1.29 is 14.4 Å². The number of carbonyl (C=O) groups excluding carboxylic acids is 3. The lowest BCUT2D eigenvalue weighted by atomic mass is 10.1. The van der Waals surface area contributed by atoms with E-state index in [0.717, 1.165) is 35.3 Å². The van der Waals surface area contributed by atoms with Gasteiger partial charge in [-0.25, -0.2) is 4.79 Å². The van der Waals surface area contributed by atoms with Crippen molar-refractivity contribution in [1.82, 2.24) is 10.6 Å². The standard InChI is InChI=1S/C24H30N4O3/c1-4-22(29)27-20-11-7-17(8-12-20)15(2)25-24(31)26-16(3)18-9-13-21(14-10-18)28-23(30)19-5-6-19/h7-16,19H,4-6H2,1-3H3,(H,27,29)(H,28,30)(H2,25,26,31). The van der Waals surface area contributed by atoms with E-state index < -0.39 is 0 Å². The van der Waals surface area contributed by atoms with Crippen LogP contribution in [-0.4, -0.2) is 17.8 Å². The molecule has 0 bridgehead atoms. The molecule has 31 heavy (non-hydrogen) atoms. The van der Waals surface area contributed by atoms with Crippen LogP contribution in [0.5, 0.6) is 0 Å². The molecular weight excluding hydrogens is 392 g/mol. The highest BCUT2D eigenvalue weighted by Crippen LogP contribution is 2.30. The molecular formula is C24H30N4O3. The van der Waals surface area contributed by atoms with Crippen molar-refractivity contribution in [3.63, 3.8) is 0 Å². The predicted octanol–water partition coefficient (Wildman–Crippen LogP) is 4.51. The van der Waals surface area contributed by atoms with Gasteiger partial charge in [-0.05, 0) is 62.1 Å². The fourth-order valence-electron chi connectivity index (χ4n) is 3.15. The molecule has 7 heteroatoms. The summed E-state index contributed by atoms with van der Waals surface area (Å²) in [4.78, 5) is 35.7. The van der Waals surface area contributed by atoms with Crippen molar-refractivity contribution in [3.8, 4) is 0 Å². The Morgan fingerprint density at radius 3 is 1.68 bits per heavy atom.